The molecule has 1 radical (unpaired) electrons. The molecule has 1 nitrogen and oxygen atoms in total. The Kier molecular flexibility index (Phi) is 19.4. The van der Waals surface area contributed by atoms with Gasteiger partial charge in [0, 0.05) is 0 Å². The van der Waals surface area contributed by atoms with Gasteiger partial charge in [-0.3, -0.25) is 0 Å². The molecule has 1 aromatic rings. The molecule has 50 heavy (non-hydrogen) atoms. The van der Waals surface area contributed by atoms with Gasteiger partial charge in [0.2, 0.25) is 24.4 Å². The fourth-order valence-corrected chi connectivity index (χ4v) is 10.5. The van der Waals surface area contributed by atoms with E-state index in [-0.39, 0.29) is 12.8 Å². The maximum Gasteiger partial charge on any atom is 0.226 e. The van der Waals surface area contributed by atoms with Gasteiger partial charge in [0.15, 0.2) is 26.0 Å². The van der Waals surface area contributed by atoms with Gasteiger partial charge >= 0.3 is 0 Å². The average Bonchev–Trinajstić information content (AvgIpc) is 2.89. The highest BCUT2D eigenvalue weighted by molar-refractivity contribution is 6.82. The Morgan fingerprint density at radius 2 is 0.660 bits per heavy atom. The van der Waals surface area contributed by atoms with Crippen LogP contribution in [0, 0.1) is 0 Å². The summed E-state index contributed by atoms with van der Waals surface area (Å²) in [6.45, 7) is 1.61. The highest BCUT2D eigenvalue weighted by Gasteiger charge is 2.73. The van der Waals surface area contributed by atoms with Crippen molar-refractivity contribution in [3.05, 3.63) is 34.4 Å². The van der Waals surface area contributed by atoms with Gasteiger partial charge in [-0.25, -0.2) is 5.11 Å². The van der Waals surface area contributed by atoms with Crippen LogP contribution in [0.15, 0.2) is 12.1 Å². The van der Waals surface area contributed by atoms with Crippen LogP contribution in [0.1, 0.15) is 48.1 Å². The molecule has 0 spiro atoms. The molecule has 293 valence electrons. The molecule has 1 rings (SSSR count). The molecule has 0 aliphatic rings. The number of rotatable bonds is 12. The number of hydrogen-bond donors (Lipinski definition) is 0. The molecular formula is C22H10Cl27O. The Morgan fingerprint density at radius 1 is 0.420 bits per heavy atom. The summed E-state index contributed by atoms with van der Waals surface area (Å²) in [4.78, 5) is 0. The van der Waals surface area contributed by atoms with Crippen molar-refractivity contribution >= 4 is 313 Å². The quantitative estimate of drug-likeness (QED) is 0.186. The normalized spacial score (nSPS) is 16.6. The van der Waals surface area contributed by atoms with Crippen molar-refractivity contribution in [2.24, 2.45) is 0 Å². The van der Waals surface area contributed by atoms with Crippen molar-refractivity contribution in [3.8, 4) is 0 Å². The van der Waals surface area contributed by atoms with Gasteiger partial charge in [-0.15, -0.1) is 0 Å². The first-order valence-electron chi connectivity index (χ1n) is 11.9. The van der Waals surface area contributed by atoms with E-state index >= 15 is 0 Å². The topological polar surface area (TPSA) is 19.9 Å². The molecule has 1 atom stereocenters. The summed E-state index contributed by atoms with van der Waals surface area (Å²) in [5.41, 5.74) is -2.78. The van der Waals surface area contributed by atoms with E-state index in [2.05, 4.69) is 0 Å². The SMILES string of the molecule is CCCC([O])c1c(C(Cl)(Cl)C(Cl)(Cl)C(Cl)(Cl)C(Cl)(Cl)Cl)cc(C(Cl)(Cl)C(Cl)(Cl)C(Cl)(Cl)C(Cl)(Cl)Cl)cc1C(Cl)(Cl)C(Cl)(Cl)C(Cl)(Cl)C(Cl)(Cl)Cl. The largest absolute Gasteiger partial charge is 0.228 e. The minimum atomic E-state index is -3.07. The molecule has 0 saturated carbocycles. The molecule has 1 aromatic carbocycles. The Bertz CT molecular complexity index is 1310. The number of halogens is 27. The van der Waals surface area contributed by atoms with Crippen LogP contribution >= 0.6 is 313 Å². The van der Waals surface area contributed by atoms with E-state index < -0.39 is 78.7 Å². The van der Waals surface area contributed by atoms with E-state index in [9.17, 15) is 5.11 Å². The molecule has 1 unspecified atom stereocenters. The highest BCUT2D eigenvalue weighted by atomic mass is 35.6. The summed E-state index contributed by atoms with van der Waals surface area (Å²) >= 11 is 173. The maximum atomic E-state index is 14.2. The number of alkyl halides is 27. The predicted octanol–water partition coefficient (Wildman–Crippen LogP) is 19.0. The lowest BCUT2D eigenvalue weighted by Crippen LogP contribution is -2.57. The van der Waals surface area contributed by atoms with Gasteiger partial charge < -0.3 is 0 Å². The van der Waals surface area contributed by atoms with Gasteiger partial charge in [-0.1, -0.05) is 327 Å². The van der Waals surface area contributed by atoms with Crippen LogP contribution in [0.25, 0.3) is 0 Å². The van der Waals surface area contributed by atoms with Gasteiger partial charge in [0.05, 0.1) is 0 Å². The van der Waals surface area contributed by atoms with Crippen LogP contribution < -0.4 is 0 Å². The van der Waals surface area contributed by atoms with Gasteiger partial charge in [-0.2, -0.15) is 0 Å². The van der Waals surface area contributed by atoms with E-state index in [0.717, 1.165) is 12.1 Å². The first kappa shape index (κ1) is 55.0. The zero-order valence-electron chi connectivity index (χ0n) is 22.8. The zero-order valence-corrected chi connectivity index (χ0v) is 43.2. The van der Waals surface area contributed by atoms with E-state index in [1.165, 1.54) is 0 Å². The zero-order chi connectivity index (χ0) is 40.7. The first-order chi connectivity index (χ1) is 21.4. The lowest BCUT2D eigenvalue weighted by atomic mass is 9.84. The molecule has 0 aliphatic carbocycles. The second-order valence-electron chi connectivity index (χ2n) is 9.93. The van der Waals surface area contributed by atoms with Crippen LogP contribution in [0.3, 0.4) is 0 Å². The lowest BCUT2D eigenvalue weighted by Gasteiger charge is -2.48. The second-order valence-corrected chi connectivity index (χ2v) is 28.7. The van der Waals surface area contributed by atoms with Crippen molar-refractivity contribution in [2.45, 2.75) is 76.2 Å². The second kappa shape index (κ2) is 17.6. The van der Waals surface area contributed by atoms with E-state index in [0.29, 0.717) is 0 Å². The van der Waals surface area contributed by atoms with Gasteiger partial charge in [0.1, 0.15) is 6.10 Å². The molecule has 0 aliphatic heterocycles. The van der Waals surface area contributed by atoms with Gasteiger partial charge in [0.25, 0.3) is 0 Å². The summed E-state index contributed by atoms with van der Waals surface area (Å²) in [7, 11) is 0. The summed E-state index contributed by atoms with van der Waals surface area (Å²) in [5.74, 6) is 0. The first-order valence-corrected chi connectivity index (χ1v) is 22.1. The summed E-state index contributed by atoms with van der Waals surface area (Å²) in [6.07, 6.45) is -2.10. The van der Waals surface area contributed by atoms with Crippen LogP contribution in [0.5, 0.6) is 0 Å². The summed E-state index contributed by atoms with van der Waals surface area (Å²) in [5, 5.41) is 14.2. The third kappa shape index (κ3) is 9.64. The number of benzene rings is 1. The van der Waals surface area contributed by atoms with Crippen molar-refractivity contribution in [2.75, 3.05) is 0 Å². The molecule has 0 amide bonds. The van der Waals surface area contributed by atoms with E-state index in [4.69, 9.17) is 313 Å². The molecular weight excluding hydrogens is 1240 g/mol. The lowest BCUT2D eigenvalue weighted by molar-refractivity contribution is 0.0783. The standard InChI is InChI=1S/C22H10Cl27O/c1-2-3-9(50)10-7(12(25,26)15(31,32)18(37,38)21(44,45)46)4-6(11(23,24)14(29,30)17(35,36)20(41,42)43)5-8(10)13(27,28)16(33,34)19(39,40)22(47,48)49/h4-5,9H,2-3H2,1H3. The van der Waals surface area contributed by atoms with Crippen molar-refractivity contribution in [1.29, 1.82) is 0 Å². The van der Waals surface area contributed by atoms with Crippen LogP contribution in [-0.4, -0.2) is 37.4 Å². The minimum Gasteiger partial charge on any atom is -0.228 e. The Labute approximate surface area is 422 Å². The highest BCUT2D eigenvalue weighted by Crippen LogP contribution is 2.71. The molecule has 0 N–H and O–H groups in total. The van der Waals surface area contributed by atoms with Gasteiger partial charge in [-0.05, 0) is 40.8 Å². The molecule has 0 aromatic heterocycles. The summed E-state index contributed by atoms with van der Waals surface area (Å²) in [6, 6.07) is 1.67. The fourth-order valence-electron chi connectivity index (χ4n) is 3.75. The molecule has 0 bridgehead atoms. The van der Waals surface area contributed by atoms with E-state index in [1.54, 1.807) is 6.92 Å². The Hall–Kier alpha value is 7.01. The molecule has 0 saturated heterocycles. The van der Waals surface area contributed by atoms with Crippen molar-refractivity contribution in [3.63, 3.8) is 0 Å². The maximum absolute atomic E-state index is 14.2. The molecule has 0 fully saturated rings. The third-order valence-corrected chi connectivity index (χ3v) is 22.9. The third-order valence-electron chi connectivity index (χ3n) is 6.53. The van der Waals surface area contributed by atoms with Crippen LogP contribution in [-0.2, 0) is 18.1 Å². The monoisotopic (exact) mass is 1230 g/mol. The summed E-state index contributed by atoms with van der Waals surface area (Å²) < 4.78 is -35.3. The molecule has 28 heteroatoms. The predicted molar refractivity (Wildman–Crippen MR) is 232 cm³/mol. The Morgan fingerprint density at radius 3 is 0.880 bits per heavy atom. The number of hydrogen-bond acceptors (Lipinski definition) is 0. The minimum absolute atomic E-state index is 0.168. The molecule has 0 heterocycles. The van der Waals surface area contributed by atoms with Crippen molar-refractivity contribution < 1.29 is 5.11 Å². The average molecular weight is 1250 g/mol. The fraction of sp³-hybridized carbons (Fsp3) is 0.727. The van der Waals surface area contributed by atoms with Crippen LogP contribution in [0.2, 0.25) is 0 Å². The Balaban J connectivity index is 4.88. The smallest absolute Gasteiger partial charge is 0.226 e. The van der Waals surface area contributed by atoms with Crippen molar-refractivity contribution in [1.82, 2.24) is 0 Å². The van der Waals surface area contributed by atoms with Crippen LogP contribution in [0.4, 0.5) is 0 Å². The van der Waals surface area contributed by atoms with E-state index in [1.807, 2.05) is 0 Å².